The molecule has 1 rings (SSSR count). The number of rotatable bonds is 6. The van der Waals surface area contributed by atoms with E-state index in [0.717, 1.165) is 25.1 Å². The molecule has 100 valence electrons. The van der Waals surface area contributed by atoms with Crippen LogP contribution in [0.15, 0.2) is 18.2 Å². The Hall–Kier alpha value is -1.42. The van der Waals surface area contributed by atoms with Crippen LogP contribution in [0.1, 0.15) is 30.6 Å². The zero-order valence-corrected chi connectivity index (χ0v) is 11.1. The van der Waals surface area contributed by atoms with Gasteiger partial charge in [-0.25, -0.2) is 4.39 Å². The van der Waals surface area contributed by atoms with Gasteiger partial charge in [-0.05, 0) is 31.2 Å². The Bertz CT molecular complexity index is 420. The third-order valence-corrected chi connectivity index (χ3v) is 2.99. The number of phenols is 1. The van der Waals surface area contributed by atoms with Crippen LogP contribution in [0.3, 0.4) is 0 Å². The van der Waals surface area contributed by atoms with E-state index >= 15 is 0 Å². The Balaban J connectivity index is 2.67. The topological polar surface area (TPSA) is 40.5 Å². The van der Waals surface area contributed by atoms with Gasteiger partial charge in [0, 0.05) is 6.54 Å². The Labute approximate surface area is 107 Å². The van der Waals surface area contributed by atoms with Crippen molar-refractivity contribution in [2.75, 3.05) is 20.1 Å². The predicted octanol–water partition coefficient (Wildman–Crippen LogP) is 2.69. The molecule has 1 aromatic rings. The number of halogens is 1. The van der Waals surface area contributed by atoms with Crippen molar-refractivity contribution >= 4 is 5.78 Å². The van der Waals surface area contributed by atoms with Crippen LogP contribution in [0.4, 0.5) is 4.39 Å². The van der Waals surface area contributed by atoms with Gasteiger partial charge in [0.05, 0.1) is 12.1 Å². The summed E-state index contributed by atoms with van der Waals surface area (Å²) in [6.45, 7) is 5.19. The molecule has 1 atom stereocenters. The summed E-state index contributed by atoms with van der Waals surface area (Å²) in [6, 6.07) is 3.42. The molecule has 3 nitrogen and oxygen atoms in total. The third-order valence-electron chi connectivity index (χ3n) is 2.99. The molecule has 0 saturated heterocycles. The largest absolute Gasteiger partial charge is 0.507 e. The molecule has 0 bridgehead atoms. The minimum Gasteiger partial charge on any atom is -0.507 e. The van der Waals surface area contributed by atoms with Crippen molar-refractivity contribution in [3.63, 3.8) is 0 Å². The van der Waals surface area contributed by atoms with Crippen LogP contribution in [0, 0.1) is 11.7 Å². The molecule has 0 aliphatic heterocycles. The number of carbonyl (C=O) groups excluding carboxylic acids is 1. The minimum atomic E-state index is -0.513. The summed E-state index contributed by atoms with van der Waals surface area (Å²) in [5, 5.41) is 9.54. The second-order valence-electron chi connectivity index (χ2n) is 4.79. The summed E-state index contributed by atoms with van der Waals surface area (Å²) in [7, 11) is 1.85. The number of aromatic hydroxyl groups is 1. The Kier molecular flexibility index (Phi) is 5.28. The van der Waals surface area contributed by atoms with E-state index in [4.69, 9.17) is 0 Å². The van der Waals surface area contributed by atoms with Crippen LogP contribution in [-0.2, 0) is 0 Å². The summed E-state index contributed by atoms with van der Waals surface area (Å²) in [5.74, 6) is -0.444. The Morgan fingerprint density at radius 1 is 1.50 bits per heavy atom. The van der Waals surface area contributed by atoms with Gasteiger partial charge in [-0.1, -0.05) is 20.3 Å². The lowest BCUT2D eigenvalue weighted by Gasteiger charge is -2.19. The smallest absolute Gasteiger partial charge is 0.180 e. The maximum atomic E-state index is 13.0. The quantitative estimate of drug-likeness (QED) is 0.792. The summed E-state index contributed by atoms with van der Waals surface area (Å²) in [6.07, 6.45) is 1.05. The van der Waals surface area contributed by atoms with Gasteiger partial charge in [-0.2, -0.15) is 0 Å². The molecule has 0 amide bonds. The van der Waals surface area contributed by atoms with Gasteiger partial charge in [0.2, 0.25) is 0 Å². The van der Waals surface area contributed by atoms with Crippen molar-refractivity contribution in [2.24, 2.45) is 5.92 Å². The first-order valence-corrected chi connectivity index (χ1v) is 6.14. The maximum absolute atomic E-state index is 13.0. The van der Waals surface area contributed by atoms with E-state index in [1.54, 1.807) is 0 Å². The number of hydrogen-bond donors (Lipinski definition) is 1. The minimum absolute atomic E-state index is 0.0472. The van der Waals surface area contributed by atoms with Crippen molar-refractivity contribution in [3.8, 4) is 5.75 Å². The van der Waals surface area contributed by atoms with E-state index in [1.807, 2.05) is 11.9 Å². The lowest BCUT2D eigenvalue weighted by atomic mass is 10.1. The number of phenolic OH excluding ortho intramolecular Hbond substituents is 1. The van der Waals surface area contributed by atoms with Gasteiger partial charge in [-0.3, -0.25) is 9.69 Å². The number of benzene rings is 1. The molecule has 0 aliphatic rings. The highest BCUT2D eigenvalue weighted by molar-refractivity contribution is 5.99. The van der Waals surface area contributed by atoms with Crippen LogP contribution in [0.25, 0.3) is 0 Å². The summed E-state index contributed by atoms with van der Waals surface area (Å²) in [4.78, 5) is 13.8. The van der Waals surface area contributed by atoms with Gasteiger partial charge >= 0.3 is 0 Å². The number of hydrogen-bond acceptors (Lipinski definition) is 3. The van der Waals surface area contributed by atoms with Gasteiger partial charge in [0.1, 0.15) is 11.6 Å². The van der Waals surface area contributed by atoms with Crippen LogP contribution >= 0.6 is 0 Å². The SMILES string of the molecule is CCC(C)CN(C)CC(=O)c1cc(F)ccc1O. The Morgan fingerprint density at radius 2 is 2.17 bits per heavy atom. The van der Waals surface area contributed by atoms with E-state index in [-0.39, 0.29) is 23.6 Å². The van der Waals surface area contributed by atoms with Gasteiger partial charge in [0.15, 0.2) is 5.78 Å². The fourth-order valence-corrected chi connectivity index (χ4v) is 1.79. The van der Waals surface area contributed by atoms with E-state index in [2.05, 4.69) is 13.8 Å². The van der Waals surface area contributed by atoms with Crippen LogP contribution in [-0.4, -0.2) is 35.9 Å². The molecular weight excluding hydrogens is 233 g/mol. The molecule has 0 spiro atoms. The average molecular weight is 253 g/mol. The van der Waals surface area contributed by atoms with E-state index < -0.39 is 5.82 Å². The highest BCUT2D eigenvalue weighted by Gasteiger charge is 2.15. The third kappa shape index (κ3) is 4.11. The fraction of sp³-hybridized carbons (Fsp3) is 0.500. The van der Waals surface area contributed by atoms with E-state index in [9.17, 15) is 14.3 Å². The van der Waals surface area contributed by atoms with E-state index in [1.165, 1.54) is 6.07 Å². The summed E-state index contributed by atoms with van der Waals surface area (Å²) in [5.41, 5.74) is 0.0472. The van der Waals surface area contributed by atoms with Crippen molar-refractivity contribution in [1.82, 2.24) is 4.90 Å². The lowest BCUT2D eigenvalue weighted by molar-refractivity contribution is 0.0935. The molecule has 0 saturated carbocycles. The first-order chi connectivity index (χ1) is 8.43. The molecule has 0 aliphatic carbocycles. The fourth-order valence-electron chi connectivity index (χ4n) is 1.79. The number of ketones is 1. The first kappa shape index (κ1) is 14.6. The molecular formula is C14H20FNO2. The molecule has 1 unspecified atom stereocenters. The van der Waals surface area contributed by atoms with Crippen molar-refractivity contribution in [3.05, 3.63) is 29.6 Å². The van der Waals surface area contributed by atoms with Crippen molar-refractivity contribution in [2.45, 2.75) is 20.3 Å². The zero-order valence-electron chi connectivity index (χ0n) is 11.1. The Morgan fingerprint density at radius 3 is 2.78 bits per heavy atom. The van der Waals surface area contributed by atoms with Crippen LogP contribution < -0.4 is 0 Å². The van der Waals surface area contributed by atoms with Crippen LogP contribution in [0.5, 0.6) is 5.75 Å². The van der Waals surface area contributed by atoms with Gasteiger partial charge < -0.3 is 5.11 Å². The highest BCUT2D eigenvalue weighted by atomic mass is 19.1. The molecule has 18 heavy (non-hydrogen) atoms. The van der Waals surface area contributed by atoms with Crippen LogP contribution in [0.2, 0.25) is 0 Å². The monoisotopic (exact) mass is 253 g/mol. The predicted molar refractivity (Wildman–Crippen MR) is 69.3 cm³/mol. The molecule has 0 aromatic heterocycles. The summed E-state index contributed by atoms with van der Waals surface area (Å²) >= 11 is 0. The highest BCUT2D eigenvalue weighted by Crippen LogP contribution is 2.18. The number of Topliss-reactive ketones (excluding diaryl/α,β-unsaturated/α-hetero) is 1. The summed E-state index contributed by atoms with van der Waals surface area (Å²) < 4.78 is 13.0. The molecule has 0 heterocycles. The lowest BCUT2D eigenvalue weighted by Crippen LogP contribution is -2.30. The maximum Gasteiger partial charge on any atom is 0.180 e. The molecule has 1 N–H and O–H groups in total. The second kappa shape index (κ2) is 6.50. The van der Waals surface area contributed by atoms with Crippen molar-refractivity contribution < 1.29 is 14.3 Å². The molecule has 0 fully saturated rings. The van der Waals surface area contributed by atoms with Gasteiger partial charge in [0.25, 0.3) is 0 Å². The van der Waals surface area contributed by atoms with E-state index in [0.29, 0.717) is 5.92 Å². The zero-order chi connectivity index (χ0) is 13.7. The first-order valence-electron chi connectivity index (χ1n) is 6.14. The normalized spacial score (nSPS) is 12.7. The average Bonchev–Trinajstić information content (AvgIpc) is 2.31. The second-order valence-corrected chi connectivity index (χ2v) is 4.79. The van der Waals surface area contributed by atoms with Crippen molar-refractivity contribution in [1.29, 1.82) is 0 Å². The molecule has 1 aromatic carbocycles. The molecule has 0 radical (unpaired) electrons. The number of likely N-dealkylation sites (N-methyl/N-ethyl adjacent to an activating group) is 1. The number of nitrogens with zero attached hydrogens (tertiary/aromatic N) is 1. The number of carbonyl (C=O) groups is 1. The molecule has 4 heteroatoms. The standard InChI is InChI=1S/C14H20FNO2/c1-4-10(2)8-16(3)9-14(18)12-7-11(15)5-6-13(12)17/h5-7,10,17H,4,8-9H2,1-3H3. The van der Waals surface area contributed by atoms with Gasteiger partial charge in [-0.15, -0.1) is 0 Å².